The van der Waals surface area contributed by atoms with E-state index in [4.69, 9.17) is 0 Å². The Labute approximate surface area is 205 Å². The Bertz CT molecular complexity index is 1340. The average molecular weight is 467 g/mol. The number of carbonyl (C=O) groups excluding carboxylic acids is 1. The molecule has 2 aromatic heterocycles. The molecule has 35 heavy (non-hydrogen) atoms. The number of aromatic nitrogens is 4. The molecule has 7 nitrogen and oxygen atoms in total. The molecule has 1 aliphatic heterocycles. The lowest BCUT2D eigenvalue weighted by Gasteiger charge is -2.35. The van der Waals surface area contributed by atoms with Crippen LogP contribution in [0.25, 0.3) is 22.0 Å². The fourth-order valence-corrected chi connectivity index (χ4v) is 4.70. The zero-order valence-electron chi connectivity index (χ0n) is 20.5. The van der Waals surface area contributed by atoms with Gasteiger partial charge in [-0.05, 0) is 26.8 Å². The van der Waals surface area contributed by atoms with Gasteiger partial charge in [0.05, 0.1) is 0 Å². The first-order chi connectivity index (χ1) is 17.0. The normalized spacial score (nSPS) is 13.9. The number of aryl methyl sites for hydroxylation is 4. The zero-order valence-corrected chi connectivity index (χ0v) is 20.5. The van der Waals surface area contributed by atoms with Crippen LogP contribution in [0.2, 0.25) is 0 Å². The van der Waals surface area contributed by atoms with E-state index in [0.29, 0.717) is 25.9 Å². The molecule has 1 fully saturated rings. The predicted octanol–water partition coefficient (Wildman–Crippen LogP) is 4.29. The van der Waals surface area contributed by atoms with Gasteiger partial charge < -0.3 is 9.80 Å². The van der Waals surface area contributed by atoms with Crippen LogP contribution in [0, 0.1) is 20.8 Å². The predicted molar refractivity (Wildman–Crippen MR) is 138 cm³/mol. The largest absolute Gasteiger partial charge is 0.351 e. The number of amides is 1. The Hall–Kier alpha value is -3.87. The van der Waals surface area contributed by atoms with Gasteiger partial charge in [0.25, 0.3) is 0 Å². The van der Waals surface area contributed by atoms with E-state index >= 15 is 0 Å². The lowest BCUT2D eigenvalue weighted by molar-refractivity contribution is -0.131. The molecule has 2 aromatic carbocycles. The van der Waals surface area contributed by atoms with E-state index in [2.05, 4.69) is 68.4 Å². The van der Waals surface area contributed by atoms with Crippen molar-refractivity contribution < 1.29 is 4.79 Å². The topological polar surface area (TPSA) is 75.1 Å². The molecule has 0 N–H and O–H groups in total. The average Bonchev–Trinajstić information content (AvgIpc) is 2.87. The molecule has 1 aliphatic rings. The third kappa shape index (κ3) is 4.99. The number of piperazine rings is 1. The van der Waals surface area contributed by atoms with E-state index in [-0.39, 0.29) is 5.91 Å². The van der Waals surface area contributed by atoms with Crippen molar-refractivity contribution in [3.05, 3.63) is 77.4 Å². The summed E-state index contributed by atoms with van der Waals surface area (Å²) in [4.78, 5) is 25.9. The first-order valence-electron chi connectivity index (χ1n) is 12.1. The van der Waals surface area contributed by atoms with Crippen molar-refractivity contribution >= 4 is 22.5 Å². The van der Waals surface area contributed by atoms with Crippen molar-refractivity contribution in [3.63, 3.8) is 0 Å². The van der Waals surface area contributed by atoms with Crippen molar-refractivity contribution in [2.75, 3.05) is 31.1 Å². The molecule has 0 bridgehead atoms. The number of carbonyl (C=O) groups is 1. The van der Waals surface area contributed by atoms with E-state index in [1.165, 1.54) is 5.56 Å². The molecule has 5 rings (SSSR count). The molecular weight excluding hydrogens is 436 g/mol. The van der Waals surface area contributed by atoms with Gasteiger partial charge in [-0.25, -0.2) is 9.97 Å². The van der Waals surface area contributed by atoms with Crippen molar-refractivity contribution in [2.24, 2.45) is 0 Å². The van der Waals surface area contributed by atoms with Crippen molar-refractivity contribution in [2.45, 2.75) is 33.6 Å². The molecule has 0 spiro atoms. The maximum atomic E-state index is 12.8. The van der Waals surface area contributed by atoms with E-state index in [9.17, 15) is 4.79 Å². The fourth-order valence-electron chi connectivity index (χ4n) is 4.70. The van der Waals surface area contributed by atoms with Crippen LogP contribution in [0.15, 0.2) is 54.6 Å². The second kappa shape index (κ2) is 9.78. The number of rotatable bonds is 5. The second-order valence-electron chi connectivity index (χ2n) is 9.22. The zero-order chi connectivity index (χ0) is 24.4. The molecule has 1 amide bonds. The van der Waals surface area contributed by atoms with Gasteiger partial charge in [-0.15, -0.1) is 10.2 Å². The third-order valence-corrected chi connectivity index (χ3v) is 6.52. The second-order valence-corrected chi connectivity index (χ2v) is 9.22. The molecule has 7 heteroatoms. The van der Waals surface area contributed by atoms with Crippen LogP contribution in [-0.4, -0.2) is 57.2 Å². The van der Waals surface area contributed by atoms with Gasteiger partial charge in [0.2, 0.25) is 5.91 Å². The Balaban J connectivity index is 1.28. The summed E-state index contributed by atoms with van der Waals surface area (Å²) in [5, 5.41) is 11.5. The Morgan fingerprint density at radius 2 is 1.49 bits per heavy atom. The number of nitrogens with zero attached hydrogens (tertiary/aromatic N) is 6. The molecule has 4 aromatic rings. The molecule has 3 heterocycles. The van der Waals surface area contributed by atoms with Crippen LogP contribution in [0.1, 0.15) is 29.2 Å². The molecule has 0 unspecified atom stereocenters. The summed E-state index contributed by atoms with van der Waals surface area (Å²) in [6, 6.07) is 18.6. The lowest BCUT2D eigenvalue weighted by Crippen LogP contribution is -2.49. The van der Waals surface area contributed by atoms with Gasteiger partial charge in [0.15, 0.2) is 5.82 Å². The molecule has 0 saturated carbocycles. The van der Waals surface area contributed by atoms with Crippen LogP contribution >= 0.6 is 0 Å². The van der Waals surface area contributed by atoms with Crippen molar-refractivity contribution in [3.8, 4) is 11.3 Å². The standard InChI is InChI=1S/C28H30N6O/c1-19-8-10-22(11-9-19)27-23-6-4-5-7-24(23)28(32-31-27)34-16-14-33(15-17-34)26(35)13-12-25-29-20(2)18-21(3)30-25/h4-11,18H,12-17H2,1-3H3. The lowest BCUT2D eigenvalue weighted by atomic mass is 10.0. The monoisotopic (exact) mass is 466 g/mol. The summed E-state index contributed by atoms with van der Waals surface area (Å²) in [6.07, 6.45) is 0.995. The summed E-state index contributed by atoms with van der Waals surface area (Å²) < 4.78 is 0. The highest BCUT2D eigenvalue weighted by molar-refractivity contribution is 6.00. The highest BCUT2D eigenvalue weighted by Gasteiger charge is 2.24. The number of fused-ring (bicyclic) bond motifs is 1. The molecule has 0 aliphatic carbocycles. The van der Waals surface area contributed by atoms with Gasteiger partial charge in [0, 0.05) is 66.7 Å². The van der Waals surface area contributed by atoms with Gasteiger partial charge in [-0.1, -0.05) is 54.1 Å². The minimum absolute atomic E-state index is 0.151. The third-order valence-electron chi connectivity index (χ3n) is 6.52. The van der Waals surface area contributed by atoms with Crippen LogP contribution < -0.4 is 4.90 Å². The van der Waals surface area contributed by atoms with E-state index in [0.717, 1.165) is 58.1 Å². The van der Waals surface area contributed by atoms with E-state index in [1.807, 2.05) is 36.9 Å². The highest BCUT2D eigenvalue weighted by Crippen LogP contribution is 2.31. The summed E-state index contributed by atoms with van der Waals surface area (Å²) in [5.41, 5.74) is 5.06. The summed E-state index contributed by atoms with van der Waals surface area (Å²) >= 11 is 0. The number of hydrogen-bond acceptors (Lipinski definition) is 6. The minimum atomic E-state index is 0.151. The van der Waals surface area contributed by atoms with E-state index in [1.54, 1.807) is 0 Å². The molecule has 1 saturated heterocycles. The summed E-state index contributed by atoms with van der Waals surface area (Å²) in [6.45, 7) is 8.80. The molecule has 178 valence electrons. The number of benzene rings is 2. The van der Waals surface area contributed by atoms with Crippen LogP contribution in [0.3, 0.4) is 0 Å². The van der Waals surface area contributed by atoms with Gasteiger partial charge in [-0.2, -0.15) is 0 Å². The van der Waals surface area contributed by atoms with Gasteiger partial charge in [-0.3, -0.25) is 4.79 Å². The van der Waals surface area contributed by atoms with Crippen LogP contribution in [-0.2, 0) is 11.2 Å². The first kappa shape index (κ1) is 22.9. The maximum absolute atomic E-state index is 12.8. The fraction of sp³-hybridized carbons (Fsp3) is 0.321. The summed E-state index contributed by atoms with van der Waals surface area (Å²) in [7, 11) is 0. The SMILES string of the molecule is Cc1ccc(-c2nnc(N3CCN(C(=O)CCc4nc(C)cc(C)n4)CC3)c3ccccc23)cc1. The van der Waals surface area contributed by atoms with E-state index < -0.39 is 0 Å². The first-order valence-corrected chi connectivity index (χ1v) is 12.1. The van der Waals surface area contributed by atoms with Gasteiger partial charge in [0.1, 0.15) is 11.5 Å². The quantitative estimate of drug-likeness (QED) is 0.437. The molecule has 0 radical (unpaired) electrons. The van der Waals surface area contributed by atoms with Gasteiger partial charge >= 0.3 is 0 Å². The number of anilines is 1. The number of hydrogen-bond donors (Lipinski definition) is 0. The summed E-state index contributed by atoms with van der Waals surface area (Å²) in [5.74, 6) is 1.77. The molecular formula is C28H30N6O. The van der Waals surface area contributed by atoms with Crippen molar-refractivity contribution in [1.82, 2.24) is 25.1 Å². The highest BCUT2D eigenvalue weighted by atomic mass is 16.2. The molecule has 0 atom stereocenters. The van der Waals surface area contributed by atoms with Crippen LogP contribution in [0.4, 0.5) is 5.82 Å². The minimum Gasteiger partial charge on any atom is -0.351 e. The maximum Gasteiger partial charge on any atom is 0.223 e. The Morgan fingerprint density at radius 3 is 2.17 bits per heavy atom. The smallest absolute Gasteiger partial charge is 0.223 e. The van der Waals surface area contributed by atoms with Crippen LogP contribution in [0.5, 0.6) is 0 Å². The van der Waals surface area contributed by atoms with Crippen molar-refractivity contribution in [1.29, 1.82) is 0 Å². The Kier molecular flexibility index (Phi) is 6.40. The Morgan fingerprint density at radius 1 is 0.829 bits per heavy atom.